The predicted octanol–water partition coefficient (Wildman–Crippen LogP) is 1.44. The Labute approximate surface area is 115 Å². The van der Waals surface area contributed by atoms with Crippen LogP contribution in [-0.2, 0) is 0 Å². The monoisotopic (exact) mass is 263 g/mol. The van der Waals surface area contributed by atoms with Crippen LogP contribution in [0.3, 0.4) is 0 Å². The molecule has 19 heavy (non-hydrogen) atoms. The molecule has 2 heterocycles. The van der Waals surface area contributed by atoms with Crippen LogP contribution in [0.2, 0.25) is 0 Å². The Morgan fingerprint density at radius 2 is 2.26 bits per heavy atom. The molecular weight excluding hydrogens is 238 g/mol. The van der Waals surface area contributed by atoms with E-state index < -0.39 is 0 Å². The Morgan fingerprint density at radius 1 is 1.47 bits per heavy atom. The molecule has 4 nitrogen and oxygen atoms in total. The number of pyridine rings is 1. The molecule has 0 unspecified atom stereocenters. The van der Waals surface area contributed by atoms with Crippen molar-refractivity contribution in [3.63, 3.8) is 0 Å². The number of likely N-dealkylation sites (tertiary alicyclic amines) is 1. The molecule has 1 aliphatic rings. The van der Waals surface area contributed by atoms with E-state index in [2.05, 4.69) is 28.2 Å². The Kier molecular flexibility index (Phi) is 5.76. The van der Waals surface area contributed by atoms with E-state index >= 15 is 0 Å². The maximum Gasteiger partial charge on any atom is 0.0558 e. The van der Waals surface area contributed by atoms with Crippen LogP contribution < -0.4 is 5.32 Å². The molecule has 0 spiro atoms. The van der Waals surface area contributed by atoms with Crippen molar-refractivity contribution in [2.24, 2.45) is 5.92 Å². The summed E-state index contributed by atoms with van der Waals surface area (Å²) in [6, 6.07) is 4.47. The summed E-state index contributed by atoms with van der Waals surface area (Å²) < 4.78 is 0. The number of rotatable bonds is 6. The standard InChI is InChI=1S/C15H25N3O/c1-13(15-3-2-6-16-12-15)17-11-14-4-7-18(8-5-14)9-10-19/h2-3,6,12-14,17,19H,4-5,7-11H2,1H3/t13-/m0/s1. The van der Waals surface area contributed by atoms with Crippen LogP contribution in [0.5, 0.6) is 0 Å². The molecule has 106 valence electrons. The highest BCUT2D eigenvalue weighted by molar-refractivity contribution is 5.12. The van der Waals surface area contributed by atoms with Gasteiger partial charge < -0.3 is 15.3 Å². The highest BCUT2D eigenvalue weighted by atomic mass is 16.3. The van der Waals surface area contributed by atoms with Crippen LogP contribution in [0.1, 0.15) is 31.4 Å². The molecular formula is C15H25N3O. The number of aliphatic hydroxyl groups is 1. The molecule has 2 rings (SSSR count). The first-order valence-electron chi connectivity index (χ1n) is 7.26. The summed E-state index contributed by atoms with van der Waals surface area (Å²) in [5.74, 6) is 0.758. The van der Waals surface area contributed by atoms with Gasteiger partial charge in [-0.05, 0) is 56.9 Å². The number of hydrogen-bond acceptors (Lipinski definition) is 4. The molecule has 0 aromatic carbocycles. The number of β-amino-alcohol motifs (C(OH)–C–C–N with tert-alkyl or cyclic N) is 1. The van der Waals surface area contributed by atoms with Crippen molar-refractivity contribution >= 4 is 0 Å². The summed E-state index contributed by atoms with van der Waals surface area (Å²) in [4.78, 5) is 6.51. The molecule has 1 fully saturated rings. The molecule has 0 radical (unpaired) electrons. The van der Waals surface area contributed by atoms with Gasteiger partial charge in [0.2, 0.25) is 0 Å². The fourth-order valence-corrected chi connectivity index (χ4v) is 2.65. The van der Waals surface area contributed by atoms with Gasteiger partial charge in [0, 0.05) is 25.0 Å². The number of aromatic nitrogens is 1. The average molecular weight is 263 g/mol. The quantitative estimate of drug-likeness (QED) is 0.815. The van der Waals surface area contributed by atoms with Crippen LogP contribution in [0, 0.1) is 5.92 Å². The fraction of sp³-hybridized carbons (Fsp3) is 0.667. The van der Waals surface area contributed by atoms with Crippen LogP contribution >= 0.6 is 0 Å². The molecule has 2 N–H and O–H groups in total. The zero-order chi connectivity index (χ0) is 13.5. The topological polar surface area (TPSA) is 48.4 Å². The second-order valence-corrected chi connectivity index (χ2v) is 5.42. The van der Waals surface area contributed by atoms with Crippen LogP contribution in [0.15, 0.2) is 24.5 Å². The van der Waals surface area contributed by atoms with Gasteiger partial charge in [0.05, 0.1) is 6.61 Å². The lowest BCUT2D eigenvalue weighted by atomic mass is 9.96. The van der Waals surface area contributed by atoms with Crippen LogP contribution in [0.4, 0.5) is 0 Å². The van der Waals surface area contributed by atoms with E-state index in [-0.39, 0.29) is 6.61 Å². The van der Waals surface area contributed by atoms with Crippen molar-refractivity contribution in [2.75, 3.05) is 32.8 Å². The summed E-state index contributed by atoms with van der Waals surface area (Å²) in [5, 5.41) is 12.5. The lowest BCUT2D eigenvalue weighted by Gasteiger charge is -2.32. The summed E-state index contributed by atoms with van der Waals surface area (Å²) in [6.07, 6.45) is 6.20. The lowest BCUT2D eigenvalue weighted by molar-refractivity contribution is 0.146. The third-order valence-electron chi connectivity index (χ3n) is 4.02. The fourth-order valence-electron chi connectivity index (χ4n) is 2.65. The van der Waals surface area contributed by atoms with Gasteiger partial charge in [-0.3, -0.25) is 4.98 Å². The number of nitrogens with one attached hydrogen (secondary N) is 1. The number of hydrogen-bond donors (Lipinski definition) is 2. The molecule has 4 heteroatoms. The van der Waals surface area contributed by atoms with Gasteiger partial charge in [-0.1, -0.05) is 6.07 Å². The first kappa shape index (κ1) is 14.4. The van der Waals surface area contributed by atoms with Crippen molar-refractivity contribution in [1.29, 1.82) is 0 Å². The molecule has 0 saturated carbocycles. The highest BCUT2D eigenvalue weighted by Gasteiger charge is 2.19. The third-order valence-corrected chi connectivity index (χ3v) is 4.02. The first-order valence-corrected chi connectivity index (χ1v) is 7.26. The zero-order valence-corrected chi connectivity index (χ0v) is 11.8. The molecule has 1 aliphatic heterocycles. The smallest absolute Gasteiger partial charge is 0.0558 e. The van der Waals surface area contributed by atoms with Crippen molar-refractivity contribution in [3.05, 3.63) is 30.1 Å². The normalized spacial score (nSPS) is 19.5. The zero-order valence-electron chi connectivity index (χ0n) is 11.8. The second kappa shape index (κ2) is 7.58. The number of nitrogens with zero attached hydrogens (tertiary/aromatic N) is 2. The van der Waals surface area contributed by atoms with Gasteiger partial charge in [-0.2, -0.15) is 0 Å². The maximum atomic E-state index is 8.93. The number of piperidine rings is 1. The number of aliphatic hydroxyl groups excluding tert-OH is 1. The lowest BCUT2D eigenvalue weighted by Crippen LogP contribution is -2.39. The largest absolute Gasteiger partial charge is 0.395 e. The van der Waals surface area contributed by atoms with E-state index in [1.165, 1.54) is 18.4 Å². The summed E-state index contributed by atoms with van der Waals surface area (Å²) in [5.41, 5.74) is 1.25. The van der Waals surface area contributed by atoms with E-state index in [1.807, 2.05) is 18.5 Å². The molecule has 1 atom stereocenters. The van der Waals surface area contributed by atoms with Gasteiger partial charge in [0.1, 0.15) is 0 Å². The minimum atomic E-state index is 0.279. The van der Waals surface area contributed by atoms with E-state index in [0.29, 0.717) is 6.04 Å². The van der Waals surface area contributed by atoms with E-state index in [1.54, 1.807) is 0 Å². The molecule has 0 aliphatic carbocycles. The minimum absolute atomic E-state index is 0.279. The van der Waals surface area contributed by atoms with Crippen LogP contribution in [-0.4, -0.2) is 47.8 Å². The molecule has 1 aromatic rings. The Bertz CT molecular complexity index is 350. The second-order valence-electron chi connectivity index (χ2n) is 5.42. The third kappa shape index (κ3) is 4.56. The van der Waals surface area contributed by atoms with Crippen LogP contribution in [0.25, 0.3) is 0 Å². The van der Waals surface area contributed by atoms with Crippen molar-refractivity contribution in [3.8, 4) is 0 Å². The van der Waals surface area contributed by atoms with Gasteiger partial charge in [0.25, 0.3) is 0 Å². The molecule has 0 amide bonds. The summed E-state index contributed by atoms with van der Waals surface area (Å²) in [6.45, 7) is 6.61. The van der Waals surface area contributed by atoms with E-state index in [0.717, 1.165) is 32.1 Å². The SMILES string of the molecule is C[C@H](NCC1CCN(CCO)CC1)c1cccnc1. The maximum absolute atomic E-state index is 8.93. The van der Waals surface area contributed by atoms with Crippen molar-refractivity contribution in [2.45, 2.75) is 25.8 Å². The minimum Gasteiger partial charge on any atom is -0.395 e. The van der Waals surface area contributed by atoms with Crippen molar-refractivity contribution < 1.29 is 5.11 Å². The summed E-state index contributed by atoms with van der Waals surface area (Å²) in [7, 11) is 0. The Hall–Kier alpha value is -0.970. The Morgan fingerprint density at radius 3 is 2.89 bits per heavy atom. The molecule has 0 bridgehead atoms. The first-order chi connectivity index (χ1) is 9.29. The van der Waals surface area contributed by atoms with Gasteiger partial charge in [-0.15, -0.1) is 0 Å². The van der Waals surface area contributed by atoms with E-state index in [4.69, 9.17) is 5.11 Å². The van der Waals surface area contributed by atoms with Crippen molar-refractivity contribution in [1.82, 2.24) is 15.2 Å². The predicted molar refractivity (Wildman–Crippen MR) is 76.9 cm³/mol. The van der Waals surface area contributed by atoms with E-state index in [9.17, 15) is 0 Å². The van der Waals surface area contributed by atoms with Gasteiger partial charge in [-0.25, -0.2) is 0 Å². The van der Waals surface area contributed by atoms with Gasteiger partial charge in [0.15, 0.2) is 0 Å². The van der Waals surface area contributed by atoms with Gasteiger partial charge >= 0.3 is 0 Å². The Balaban J connectivity index is 1.69. The molecule has 1 aromatic heterocycles. The molecule has 1 saturated heterocycles. The average Bonchev–Trinajstić information content (AvgIpc) is 2.47. The highest BCUT2D eigenvalue weighted by Crippen LogP contribution is 2.18. The summed E-state index contributed by atoms with van der Waals surface area (Å²) >= 11 is 0.